The molecule has 0 fully saturated rings. The fraction of sp³-hybridized carbons (Fsp3) is 0.273. The molecule has 0 aliphatic carbocycles. The standard InChI is InChI=1S/C11H14N6O3/c1-6-3-4-8(20-6)5-13-10-9(17(18)19)7(2)14-11(15-10)16-12/h3-4H,5,12H2,1-2H3,(H2,13,14,15,16). The van der Waals surface area contributed by atoms with E-state index in [1.54, 1.807) is 6.07 Å². The highest BCUT2D eigenvalue weighted by molar-refractivity contribution is 5.60. The van der Waals surface area contributed by atoms with Gasteiger partial charge < -0.3 is 9.73 Å². The van der Waals surface area contributed by atoms with Crippen molar-refractivity contribution in [3.05, 3.63) is 39.5 Å². The predicted molar refractivity (Wildman–Crippen MR) is 72.0 cm³/mol. The first kappa shape index (κ1) is 13.7. The number of anilines is 2. The van der Waals surface area contributed by atoms with Crippen LogP contribution in [-0.2, 0) is 6.54 Å². The van der Waals surface area contributed by atoms with Crippen LogP contribution in [0.25, 0.3) is 0 Å². The van der Waals surface area contributed by atoms with E-state index in [2.05, 4.69) is 20.7 Å². The summed E-state index contributed by atoms with van der Waals surface area (Å²) < 4.78 is 5.38. The maximum atomic E-state index is 11.1. The zero-order valence-electron chi connectivity index (χ0n) is 11.0. The van der Waals surface area contributed by atoms with Gasteiger partial charge in [-0.3, -0.25) is 15.5 Å². The summed E-state index contributed by atoms with van der Waals surface area (Å²) in [6, 6.07) is 3.59. The highest BCUT2D eigenvalue weighted by Crippen LogP contribution is 2.26. The Kier molecular flexibility index (Phi) is 3.80. The molecule has 2 heterocycles. The SMILES string of the molecule is Cc1ccc(CNc2nc(NN)nc(C)c2[N+](=O)[O-])o1. The number of aryl methyl sites for hydroxylation is 2. The molecule has 2 aromatic rings. The fourth-order valence-corrected chi connectivity index (χ4v) is 1.72. The van der Waals surface area contributed by atoms with Gasteiger partial charge in [0.1, 0.15) is 17.2 Å². The van der Waals surface area contributed by atoms with E-state index in [-0.39, 0.29) is 29.7 Å². The van der Waals surface area contributed by atoms with Crippen LogP contribution in [0.15, 0.2) is 16.5 Å². The van der Waals surface area contributed by atoms with Crippen LogP contribution in [0.5, 0.6) is 0 Å². The van der Waals surface area contributed by atoms with Gasteiger partial charge in [0, 0.05) is 0 Å². The zero-order valence-corrected chi connectivity index (χ0v) is 11.0. The topological polar surface area (TPSA) is 132 Å². The number of nitrogens with one attached hydrogen (secondary N) is 2. The van der Waals surface area contributed by atoms with Crippen molar-refractivity contribution < 1.29 is 9.34 Å². The van der Waals surface area contributed by atoms with Gasteiger partial charge >= 0.3 is 5.69 Å². The Hall–Kier alpha value is -2.68. The zero-order chi connectivity index (χ0) is 14.7. The van der Waals surface area contributed by atoms with Crippen molar-refractivity contribution in [1.82, 2.24) is 9.97 Å². The lowest BCUT2D eigenvalue weighted by molar-refractivity contribution is -0.385. The third-order valence-electron chi connectivity index (χ3n) is 2.60. The molecule has 106 valence electrons. The number of rotatable bonds is 5. The Morgan fingerprint density at radius 3 is 2.70 bits per heavy atom. The summed E-state index contributed by atoms with van der Waals surface area (Å²) in [7, 11) is 0. The first-order valence-electron chi connectivity index (χ1n) is 5.80. The normalized spacial score (nSPS) is 10.3. The summed E-state index contributed by atoms with van der Waals surface area (Å²) in [5.41, 5.74) is 2.30. The lowest BCUT2D eigenvalue weighted by Crippen LogP contribution is -2.14. The van der Waals surface area contributed by atoms with Crippen molar-refractivity contribution in [1.29, 1.82) is 0 Å². The molecule has 0 aromatic carbocycles. The smallest absolute Gasteiger partial charge is 0.332 e. The van der Waals surface area contributed by atoms with Gasteiger partial charge in [-0.1, -0.05) is 0 Å². The minimum Gasteiger partial charge on any atom is -0.465 e. The molecule has 4 N–H and O–H groups in total. The van der Waals surface area contributed by atoms with Crippen LogP contribution >= 0.6 is 0 Å². The van der Waals surface area contributed by atoms with Crippen molar-refractivity contribution in [3.8, 4) is 0 Å². The van der Waals surface area contributed by atoms with Gasteiger partial charge in [-0.25, -0.2) is 10.8 Å². The van der Waals surface area contributed by atoms with Crippen molar-refractivity contribution in [3.63, 3.8) is 0 Å². The largest absolute Gasteiger partial charge is 0.465 e. The minimum atomic E-state index is -0.536. The summed E-state index contributed by atoms with van der Waals surface area (Å²) in [6.45, 7) is 3.61. The molecule has 0 bridgehead atoms. The van der Waals surface area contributed by atoms with Crippen LogP contribution in [0.4, 0.5) is 17.5 Å². The first-order valence-corrected chi connectivity index (χ1v) is 5.80. The Morgan fingerprint density at radius 1 is 1.40 bits per heavy atom. The fourth-order valence-electron chi connectivity index (χ4n) is 1.72. The average molecular weight is 278 g/mol. The van der Waals surface area contributed by atoms with Crippen LogP contribution in [-0.4, -0.2) is 14.9 Å². The van der Waals surface area contributed by atoms with E-state index in [4.69, 9.17) is 10.3 Å². The van der Waals surface area contributed by atoms with Gasteiger partial charge in [0.25, 0.3) is 0 Å². The summed E-state index contributed by atoms with van der Waals surface area (Å²) >= 11 is 0. The van der Waals surface area contributed by atoms with E-state index >= 15 is 0 Å². The van der Waals surface area contributed by atoms with Gasteiger partial charge in [0.05, 0.1) is 11.5 Å². The van der Waals surface area contributed by atoms with E-state index in [1.165, 1.54) is 6.92 Å². The molecule has 0 radical (unpaired) electrons. The van der Waals surface area contributed by atoms with Gasteiger partial charge in [-0.2, -0.15) is 4.98 Å². The second-order valence-electron chi connectivity index (χ2n) is 4.10. The van der Waals surface area contributed by atoms with Crippen molar-refractivity contribution in [2.75, 3.05) is 10.7 Å². The third kappa shape index (κ3) is 2.83. The maximum Gasteiger partial charge on any atom is 0.332 e. The summed E-state index contributed by atoms with van der Waals surface area (Å²) in [5.74, 6) is 6.84. The summed E-state index contributed by atoms with van der Waals surface area (Å²) in [5, 5.41) is 13.9. The van der Waals surface area contributed by atoms with E-state index in [0.29, 0.717) is 5.76 Å². The van der Waals surface area contributed by atoms with Crippen molar-refractivity contribution >= 4 is 17.5 Å². The van der Waals surface area contributed by atoms with Crippen LogP contribution in [0, 0.1) is 24.0 Å². The maximum absolute atomic E-state index is 11.1. The molecule has 0 aliphatic rings. The Labute approximate surface area is 114 Å². The Morgan fingerprint density at radius 2 is 2.15 bits per heavy atom. The number of hydrazine groups is 1. The third-order valence-corrected chi connectivity index (χ3v) is 2.60. The van der Waals surface area contributed by atoms with Crippen LogP contribution < -0.4 is 16.6 Å². The molecule has 0 atom stereocenters. The molecule has 0 spiro atoms. The number of aromatic nitrogens is 2. The molecule has 0 amide bonds. The number of furan rings is 1. The number of hydrogen-bond donors (Lipinski definition) is 3. The number of nitrogens with zero attached hydrogens (tertiary/aromatic N) is 3. The van der Waals surface area contributed by atoms with Crippen molar-refractivity contribution in [2.24, 2.45) is 5.84 Å². The molecular weight excluding hydrogens is 264 g/mol. The average Bonchev–Trinajstić information content (AvgIpc) is 2.81. The molecule has 0 saturated carbocycles. The lowest BCUT2D eigenvalue weighted by Gasteiger charge is -2.08. The first-order chi connectivity index (χ1) is 9.51. The predicted octanol–water partition coefficient (Wildman–Crippen LogP) is 1.49. The number of nitrogens with two attached hydrogens (primary N) is 1. The quantitative estimate of drug-likeness (QED) is 0.425. The van der Waals surface area contributed by atoms with Crippen molar-refractivity contribution in [2.45, 2.75) is 20.4 Å². The highest BCUT2D eigenvalue weighted by Gasteiger charge is 2.21. The van der Waals surface area contributed by atoms with Crippen LogP contribution in [0.1, 0.15) is 17.2 Å². The minimum absolute atomic E-state index is 0.0875. The monoisotopic (exact) mass is 278 g/mol. The van der Waals surface area contributed by atoms with Gasteiger partial charge in [-0.05, 0) is 26.0 Å². The summed E-state index contributed by atoms with van der Waals surface area (Å²) in [6.07, 6.45) is 0. The van der Waals surface area contributed by atoms with E-state index in [9.17, 15) is 10.1 Å². The van der Waals surface area contributed by atoms with Gasteiger partial charge in [0.15, 0.2) is 0 Å². The van der Waals surface area contributed by atoms with Crippen LogP contribution in [0.2, 0.25) is 0 Å². The Bertz CT molecular complexity index is 639. The highest BCUT2D eigenvalue weighted by atomic mass is 16.6. The van der Waals surface area contributed by atoms with E-state index in [0.717, 1.165) is 5.76 Å². The molecule has 9 nitrogen and oxygen atoms in total. The second-order valence-corrected chi connectivity index (χ2v) is 4.10. The number of nitrogen functional groups attached to an aromatic ring is 1. The Balaban J connectivity index is 2.28. The molecule has 20 heavy (non-hydrogen) atoms. The van der Waals surface area contributed by atoms with Gasteiger partial charge in [0.2, 0.25) is 11.8 Å². The second kappa shape index (κ2) is 5.53. The number of nitro groups is 1. The molecule has 0 saturated heterocycles. The molecule has 2 rings (SSSR count). The lowest BCUT2D eigenvalue weighted by atomic mass is 10.3. The van der Waals surface area contributed by atoms with E-state index < -0.39 is 4.92 Å². The summed E-state index contributed by atoms with van der Waals surface area (Å²) in [4.78, 5) is 18.4. The molecule has 2 aromatic heterocycles. The van der Waals surface area contributed by atoms with Gasteiger partial charge in [-0.15, -0.1) is 0 Å². The molecule has 0 aliphatic heterocycles. The van der Waals surface area contributed by atoms with Crippen LogP contribution in [0.3, 0.4) is 0 Å². The molecular formula is C11H14N6O3. The molecule has 9 heteroatoms. The number of hydrogen-bond acceptors (Lipinski definition) is 8. The molecule has 0 unspecified atom stereocenters. The van der Waals surface area contributed by atoms with E-state index in [1.807, 2.05) is 13.0 Å².